The minimum Gasteiger partial charge on any atom is -0.300 e. The van der Waals surface area contributed by atoms with Gasteiger partial charge in [-0.3, -0.25) is 4.79 Å². The van der Waals surface area contributed by atoms with Gasteiger partial charge in [-0.2, -0.15) is 0 Å². The molecule has 1 saturated carbocycles. The van der Waals surface area contributed by atoms with Crippen LogP contribution in [0.25, 0.3) is 0 Å². The first-order valence-corrected chi connectivity index (χ1v) is 4.51. The molecule has 12 heavy (non-hydrogen) atoms. The molecule has 0 heterocycles. The fraction of sp³-hybridized carbons (Fsp3) is 0.545. The highest BCUT2D eigenvalue weighted by Gasteiger charge is 2.47. The topological polar surface area (TPSA) is 17.1 Å². The van der Waals surface area contributed by atoms with Crippen molar-refractivity contribution >= 4 is 5.78 Å². The summed E-state index contributed by atoms with van der Waals surface area (Å²) in [6.07, 6.45) is 6.78. The number of carbonyl (C=O) groups is 1. The second-order valence-corrected chi connectivity index (χ2v) is 3.98. The number of allylic oxidation sites excluding steroid dienone is 3. The Balaban J connectivity index is 2.41. The molecule has 2 atom stereocenters. The van der Waals surface area contributed by atoms with Crippen LogP contribution in [-0.4, -0.2) is 5.78 Å². The van der Waals surface area contributed by atoms with Crippen LogP contribution >= 0.6 is 0 Å². The van der Waals surface area contributed by atoms with Crippen molar-refractivity contribution in [3.63, 3.8) is 0 Å². The van der Waals surface area contributed by atoms with Crippen LogP contribution in [0.15, 0.2) is 24.3 Å². The first kappa shape index (κ1) is 7.78. The fourth-order valence-corrected chi connectivity index (χ4v) is 2.66. The van der Waals surface area contributed by atoms with Crippen LogP contribution in [0.5, 0.6) is 0 Å². The number of ketones is 1. The Labute approximate surface area is 73.2 Å². The molecule has 0 amide bonds. The fourth-order valence-electron chi connectivity index (χ4n) is 2.66. The summed E-state index contributed by atoms with van der Waals surface area (Å²) in [5, 5.41) is 0. The van der Waals surface area contributed by atoms with Gasteiger partial charge in [0.05, 0.1) is 0 Å². The zero-order valence-electron chi connectivity index (χ0n) is 7.47. The molecule has 2 rings (SSSR count). The third kappa shape index (κ3) is 0.767. The summed E-state index contributed by atoms with van der Waals surface area (Å²) in [7, 11) is 0. The van der Waals surface area contributed by atoms with Crippen LogP contribution in [0, 0.1) is 11.3 Å². The summed E-state index contributed by atoms with van der Waals surface area (Å²) in [6, 6.07) is 0. The van der Waals surface area contributed by atoms with Gasteiger partial charge in [-0.1, -0.05) is 17.7 Å². The number of rotatable bonds is 1. The molecule has 2 aliphatic carbocycles. The zero-order valence-corrected chi connectivity index (χ0v) is 7.47. The maximum Gasteiger partial charge on any atom is 0.134 e. The Morgan fingerprint density at radius 3 is 3.08 bits per heavy atom. The van der Waals surface area contributed by atoms with Gasteiger partial charge in [0.2, 0.25) is 0 Å². The lowest BCUT2D eigenvalue weighted by Crippen LogP contribution is -2.19. The predicted octanol–water partition coefficient (Wildman–Crippen LogP) is 2.49. The highest BCUT2D eigenvalue weighted by atomic mass is 16.1. The molecule has 2 aliphatic rings. The van der Waals surface area contributed by atoms with E-state index in [1.165, 1.54) is 5.57 Å². The number of hydrogen-bond donors (Lipinski definition) is 0. The summed E-state index contributed by atoms with van der Waals surface area (Å²) >= 11 is 0. The second kappa shape index (κ2) is 2.32. The Kier molecular flexibility index (Phi) is 1.50. The van der Waals surface area contributed by atoms with Crippen molar-refractivity contribution in [2.24, 2.45) is 11.3 Å². The van der Waals surface area contributed by atoms with Crippen molar-refractivity contribution in [3.05, 3.63) is 24.3 Å². The summed E-state index contributed by atoms with van der Waals surface area (Å²) in [6.45, 7) is 5.99. The Morgan fingerprint density at radius 1 is 1.75 bits per heavy atom. The number of fused-ring (bicyclic) bond motifs is 1. The van der Waals surface area contributed by atoms with E-state index in [2.05, 4.69) is 19.6 Å². The standard InChI is InChI=1S/C11H14O/c1-3-11-7-10(12)6-9(11)5-4-8(11)2/h3-4,9H,1,5-7H2,2H3/t9-,11-/m1/s1. The van der Waals surface area contributed by atoms with Gasteiger partial charge in [0.25, 0.3) is 0 Å². The molecule has 0 unspecified atom stereocenters. The Morgan fingerprint density at radius 2 is 2.50 bits per heavy atom. The monoisotopic (exact) mass is 162 g/mol. The van der Waals surface area contributed by atoms with E-state index in [0.717, 1.165) is 12.8 Å². The van der Waals surface area contributed by atoms with Gasteiger partial charge < -0.3 is 0 Å². The molecule has 1 nitrogen and oxygen atoms in total. The van der Waals surface area contributed by atoms with Crippen LogP contribution in [0.3, 0.4) is 0 Å². The van der Waals surface area contributed by atoms with Gasteiger partial charge in [-0.05, 0) is 19.3 Å². The van der Waals surface area contributed by atoms with Crippen molar-refractivity contribution < 1.29 is 4.79 Å². The molecule has 64 valence electrons. The molecule has 0 aliphatic heterocycles. The highest BCUT2D eigenvalue weighted by molar-refractivity contribution is 5.83. The first-order chi connectivity index (χ1) is 5.69. The van der Waals surface area contributed by atoms with E-state index >= 15 is 0 Å². The largest absolute Gasteiger partial charge is 0.300 e. The average Bonchev–Trinajstić information content (AvgIpc) is 2.50. The molecule has 0 radical (unpaired) electrons. The van der Waals surface area contributed by atoms with Gasteiger partial charge in [0.1, 0.15) is 5.78 Å². The third-order valence-electron chi connectivity index (χ3n) is 3.50. The maximum absolute atomic E-state index is 11.3. The summed E-state index contributed by atoms with van der Waals surface area (Å²) < 4.78 is 0. The Hall–Kier alpha value is -0.850. The number of Topliss-reactive ketones (excluding diaryl/α,β-unsaturated/α-hetero) is 1. The summed E-state index contributed by atoms with van der Waals surface area (Å²) in [4.78, 5) is 11.3. The molecule has 1 heteroatoms. The van der Waals surface area contributed by atoms with E-state index < -0.39 is 0 Å². The predicted molar refractivity (Wildman–Crippen MR) is 48.7 cm³/mol. The van der Waals surface area contributed by atoms with Gasteiger partial charge in [0.15, 0.2) is 0 Å². The normalized spacial score (nSPS) is 39.6. The molecular formula is C11H14O. The molecule has 1 fully saturated rings. The van der Waals surface area contributed by atoms with E-state index in [9.17, 15) is 4.79 Å². The van der Waals surface area contributed by atoms with Gasteiger partial charge in [-0.15, -0.1) is 6.58 Å². The van der Waals surface area contributed by atoms with Gasteiger partial charge in [-0.25, -0.2) is 0 Å². The van der Waals surface area contributed by atoms with Crippen LogP contribution in [0.1, 0.15) is 26.2 Å². The van der Waals surface area contributed by atoms with E-state index in [1.807, 2.05) is 6.08 Å². The van der Waals surface area contributed by atoms with Crippen molar-refractivity contribution in [3.8, 4) is 0 Å². The van der Waals surface area contributed by atoms with Gasteiger partial charge in [0, 0.05) is 18.3 Å². The molecule has 0 N–H and O–H groups in total. The molecule has 0 spiro atoms. The van der Waals surface area contributed by atoms with Crippen LogP contribution in [0.4, 0.5) is 0 Å². The van der Waals surface area contributed by atoms with E-state index in [-0.39, 0.29) is 5.41 Å². The van der Waals surface area contributed by atoms with Crippen molar-refractivity contribution in [2.75, 3.05) is 0 Å². The lowest BCUT2D eigenvalue weighted by Gasteiger charge is -2.26. The number of carbonyl (C=O) groups excluding carboxylic acids is 1. The molecule has 0 aromatic rings. The third-order valence-corrected chi connectivity index (χ3v) is 3.50. The van der Waals surface area contributed by atoms with Crippen molar-refractivity contribution in [2.45, 2.75) is 26.2 Å². The number of hydrogen-bond acceptors (Lipinski definition) is 1. The van der Waals surface area contributed by atoms with E-state index in [1.54, 1.807) is 0 Å². The summed E-state index contributed by atoms with van der Waals surface area (Å²) in [5.74, 6) is 0.940. The molecule has 0 aromatic heterocycles. The smallest absolute Gasteiger partial charge is 0.134 e. The van der Waals surface area contributed by atoms with Crippen LogP contribution in [-0.2, 0) is 4.79 Å². The first-order valence-electron chi connectivity index (χ1n) is 4.51. The lowest BCUT2D eigenvalue weighted by molar-refractivity contribution is -0.117. The van der Waals surface area contributed by atoms with E-state index in [0.29, 0.717) is 18.1 Å². The SMILES string of the molecule is C=C[C@]12CC(=O)C[C@H]1CC=C2C. The van der Waals surface area contributed by atoms with Crippen molar-refractivity contribution in [1.82, 2.24) is 0 Å². The molecular weight excluding hydrogens is 148 g/mol. The lowest BCUT2D eigenvalue weighted by atomic mass is 9.77. The quantitative estimate of drug-likeness (QED) is 0.541. The minimum atomic E-state index is 0.0527. The van der Waals surface area contributed by atoms with Crippen molar-refractivity contribution in [1.29, 1.82) is 0 Å². The van der Waals surface area contributed by atoms with Crippen LogP contribution in [0.2, 0.25) is 0 Å². The second-order valence-electron chi connectivity index (χ2n) is 3.98. The summed E-state index contributed by atoms with van der Waals surface area (Å²) in [5.41, 5.74) is 1.41. The molecule has 0 bridgehead atoms. The minimum absolute atomic E-state index is 0.0527. The Bertz CT molecular complexity index is 275. The molecule has 0 aromatic carbocycles. The average molecular weight is 162 g/mol. The van der Waals surface area contributed by atoms with Gasteiger partial charge >= 0.3 is 0 Å². The highest BCUT2D eigenvalue weighted by Crippen LogP contribution is 2.53. The van der Waals surface area contributed by atoms with Crippen LogP contribution < -0.4 is 0 Å². The van der Waals surface area contributed by atoms with E-state index in [4.69, 9.17) is 0 Å². The zero-order chi connectivity index (χ0) is 8.77. The molecule has 0 saturated heterocycles. The maximum atomic E-state index is 11.3.